The largest absolute Gasteiger partial charge is 0.350 e. The number of carbonyl (C=O) groups excluding carboxylic acids is 2. The lowest BCUT2D eigenvalue weighted by Crippen LogP contribution is -2.68. The molecule has 5 fully saturated rings. The molecule has 0 bridgehead atoms. The van der Waals surface area contributed by atoms with Crippen molar-refractivity contribution in [1.29, 1.82) is 0 Å². The topological polar surface area (TPSA) is 129 Å². The van der Waals surface area contributed by atoms with E-state index >= 15 is 4.39 Å². The van der Waals surface area contributed by atoms with E-state index in [0.29, 0.717) is 25.3 Å². The second kappa shape index (κ2) is 13.3. The lowest BCUT2D eigenvalue weighted by Gasteiger charge is -2.46. The Bertz CT molecular complexity index is 865. The summed E-state index contributed by atoms with van der Waals surface area (Å²) in [6.07, 6.45) is 6.93. The second-order valence-corrected chi connectivity index (χ2v) is 13.4. The molecule has 228 valence electrons. The van der Waals surface area contributed by atoms with Crippen molar-refractivity contribution >= 4 is 11.8 Å². The van der Waals surface area contributed by atoms with E-state index in [1.54, 1.807) is 0 Å². The maximum Gasteiger partial charge on any atom is 0.227 e. The van der Waals surface area contributed by atoms with Crippen LogP contribution in [0.5, 0.6) is 0 Å². The van der Waals surface area contributed by atoms with Crippen LogP contribution in [0.4, 0.5) is 8.78 Å². The van der Waals surface area contributed by atoms with Crippen molar-refractivity contribution < 1.29 is 18.4 Å². The van der Waals surface area contributed by atoms with Gasteiger partial charge in [0.05, 0.1) is 24.2 Å². The summed E-state index contributed by atoms with van der Waals surface area (Å²) in [6, 6.07) is -1.18. The quantitative estimate of drug-likeness (QED) is 0.291. The zero-order chi connectivity index (χ0) is 28.3. The van der Waals surface area contributed by atoms with Gasteiger partial charge in [0.1, 0.15) is 12.3 Å². The number of halogens is 2. The van der Waals surface area contributed by atoms with Crippen molar-refractivity contribution in [2.45, 2.75) is 107 Å². The normalized spacial score (nSPS) is 35.2. The van der Waals surface area contributed by atoms with E-state index in [1.807, 2.05) is 4.90 Å². The number of nitrogens with zero attached hydrogens (tertiary/aromatic N) is 2. The molecule has 0 aromatic heterocycles. The fourth-order valence-corrected chi connectivity index (χ4v) is 8.35. The van der Waals surface area contributed by atoms with Crippen LogP contribution in [0.3, 0.4) is 0 Å². The van der Waals surface area contributed by atoms with Crippen LogP contribution in [-0.2, 0) is 9.59 Å². The number of nitrogens with two attached hydrogens (primary N) is 2. The summed E-state index contributed by atoms with van der Waals surface area (Å²) in [5.74, 6) is -0.324. The van der Waals surface area contributed by atoms with Crippen LogP contribution < -0.4 is 27.4 Å². The molecule has 1 saturated carbocycles. The Morgan fingerprint density at radius 3 is 2.45 bits per heavy atom. The number of alkyl halides is 2. The maximum atomic E-state index is 15.5. The van der Waals surface area contributed by atoms with E-state index in [1.165, 1.54) is 0 Å². The standard InChI is InChI=1S/C29H51F2N7O2/c30-20-5-10-29(8-1-2-9-29)14-22(35-15-20)25(27(32)33)28(40)36-23-17-34-16-21(31)26(23)37-12-6-19(7-13-37)18-38-11-3-4-24(38)39/h19-23,25-27,34-35H,1-18,32-33H2,(H,36,40). The van der Waals surface area contributed by atoms with Crippen LogP contribution in [0, 0.1) is 17.3 Å². The molecule has 7 N–H and O–H groups in total. The van der Waals surface area contributed by atoms with Gasteiger partial charge in [-0.15, -0.1) is 0 Å². The molecule has 4 saturated heterocycles. The number of hydrogen-bond acceptors (Lipinski definition) is 7. The number of amides is 2. The fraction of sp³-hybridized carbons (Fsp3) is 0.931. The van der Waals surface area contributed by atoms with Gasteiger partial charge in [0.25, 0.3) is 0 Å². The van der Waals surface area contributed by atoms with Gasteiger partial charge >= 0.3 is 0 Å². The molecule has 6 atom stereocenters. The molecule has 0 aromatic carbocycles. The highest BCUT2D eigenvalue weighted by atomic mass is 19.1. The first-order valence-corrected chi connectivity index (χ1v) is 15.8. The first kappa shape index (κ1) is 30.1. The van der Waals surface area contributed by atoms with Crippen LogP contribution >= 0.6 is 0 Å². The number of hydrogen-bond donors (Lipinski definition) is 5. The molecule has 5 aliphatic rings. The number of piperidine rings is 2. The number of carbonyl (C=O) groups is 2. The van der Waals surface area contributed by atoms with Crippen molar-refractivity contribution in [3.05, 3.63) is 0 Å². The number of rotatable bonds is 7. The lowest BCUT2D eigenvalue weighted by molar-refractivity contribution is -0.129. The van der Waals surface area contributed by atoms with Crippen LogP contribution in [0.2, 0.25) is 0 Å². The van der Waals surface area contributed by atoms with Gasteiger partial charge < -0.3 is 32.3 Å². The van der Waals surface area contributed by atoms with Crippen molar-refractivity contribution in [2.75, 3.05) is 45.8 Å². The summed E-state index contributed by atoms with van der Waals surface area (Å²) in [5.41, 5.74) is 12.5. The highest BCUT2D eigenvalue weighted by Crippen LogP contribution is 2.47. The summed E-state index contributed by atoms with van der Waals surface area (Å²) >= 11 is 0. The van der Waals surface area contributed by atoms with Gasteiger partial charge in [0.15, 0.2) is 0 Å². The van der Waals surface area contributed by atoms with E-state index in [4.69, 9.17) is 11.5 Å². The average Bonchev–Trinajstić information content (AvgIpc) is 3.55. The van der Waals surface area contributed by atoms with Gasteiger partial charge in [0.2, 0.25) is 11.8 Å². The highest BCUT2D eigenvalue weighted by molar-refractivity contribution is 5.80. The molecule has 11 heteroatoms. The van der Waals surface area contributed by atoms with E-state index in [-0.39, 0.29) is 36.4 Å². The number of likely N-dealkylation sites (tertiary alicyclic amines) is 2. The molecule has 40 heavy (non-hydrogen) atoms. The summed E-state index contributed by atoms with van der Waals surface area (Å²) in [6.45, 7) is 4.05. The van der Waals surface area contributed by atoms with Gasteiger partial charge in [0, 0.05) is 45.2 Å². The first-order valence-electron chi connectivity index (χ1n) is 15.8. The third-order valence-electron chi connectivity index (χ3n) is 10.6. The van der Waals surface area contributed by atoms with Gasteiger partial charge in [-0.3, -0.25) is 14.5 Å². The monoisotopic (exact) mass is 567 g/mol. The Morgan fingerprint density at radius 2 is 1.77 bits per heavy atom. The van der Waals surface area contributed by atoms with E-state index in [9.17, 15) is 14.0 Å². The first-order chi connectivity index (χ1) is 19.2. The molecule has 4 heterocycles. The Labute approximate surface area is 237 Å². The van der Waals surface area contributed by atoms with Crippen LogP contribution in [-0.4, -0.2) is 104 Å². The molecule has 0 radical (unpaired) electrons. The average molecular weight is 568 g/mol. The lowest BCUT2D eigenvalue weighted by atomic mass is 9.72. The zero-order valence-electron chi connectivity index (χ0n) is 24.0. The third-order valence-corrected chi connectivity index (χ3v) is 10.6. The Morgan fingerprint density at radius 1 is 1.02 bits per heavy atom. The summed E-state index contributed by atoms with van der Waals surface area (Å²) < 4.78 is 30.1. The number of nitrogens with one attached hydrogen (secondary N) is 3. The van der Waals surface area contributed by atoms with Crippen LogP contribution in [0.25, 0.3) is 0 Å². The minimum atomic E-state index is -1.12. The Balaban J connectivity index is 1.23. The van der Waals surface area contributed by atoms with Crippen molar-refractivity contribution in [2.24, 2.45) is 28.7 Å². The van der Waals surface area contributed by atoms with Crippen LogP contribution in [0.15, 0.2) is 0 Å². The molecule has 4 aliphatic heterocycles. The van der Waals surface area contributed by atoms with Crippen LogP contribution in [0.1, 0.15) is 70.6 Å². The van der Waals surface area contributed by atoms with Crippen molar-refractivity contribution in [3.8, 4) is 0 Å². The van der Waals surface area contributed by atoms with Crippen molar-refractivity contribution in [1.82, 2.24) is 25.8 Å². The van der Waals surface area contributed by atoms with E-state index in [0.717, 1.165) is 84.0 Å². The molecule has 2 amide bonds. The van der Waals surface area contributed by atoms with E-state index in [2.05, 4.69) is 20.9 Å². The Hall–Kier alpha value is -1.40. The minimum Gasteiger partial charge on any atom is -0.350 e. The summed E-state index contributed by atoms with van der Waals surface area (Å²) in [5, 5.41) is 9.61. The van der Waals surface area contributed by atoms with Gasteiger partial charge in [-0.1, -0.05) is 12.8 Å². The molecule has 0 aromatic rings. The summed E-state index contributed by atoms with van der Waals surface area (Å²) in [7, 11) is 0. The van der Waals surface area contributed by atoms with E-state index < -0.39 is 36.5 Å². The van der Waals surface area contributed by atoms with Gasteiger partial charge in [-0.2, -0.15) is 0 Å². The Kier molecular flexibility index (Phi) is 9.98. The predicted molar refractivity (Wildman–Crippen MR) is 151 cm³/mol. The highest BCUT2D eigenvalue weighted by Gasteiger charge is 2.45. The smallest absolute Gasteiger partial charge is 0.227 e. The molecule has 1 spiro atoms. The van der Waals surface area contributed by atoms with Gasteiger partial charge in [-0.05, 0) is 75.8 Å². The molecule has 1 aliphatic carbocycles. The third kappa shape index (κ3) is 6.97. The molecular formula is C29H51F2N7O2. The molecule has 5 rings (SSSR count). The minimum absolute atomic E-state index is 0.0266. The fourth-order valence-electron chi connectivity index (χ4n) is 8.35. The molecule has 9 nitrogen and oxygen atoms in total. The molecular weight excluding hydrogens is 516 g/mol. The van der Waals surface area contributed by atoms with Crippen molar-refractivity contribution in [3.63, 3.8) is 0 Å². The maximum absolute atomic E-state index is 15.5. The SMILES string of the molecule is NC(N)C(C(=O)NC1CNCC(F)C1N1CCC(CN2CCCC2=O)CC1)C1CC2(CCCC2)CCC(F)CN1. The second-order valence-electron chi connectivity index (χ2n) is 13.4. The zero-order valence-corrected chi connectivity index (χ0v) is 24.0. The predicted octanol–water partition coefficient (Wildman–Crippen LogP) is 1.02. The molecule has 6 unspecified atom stereocenters. The summed E-state index contributed by atoms with van der Waals surface area (Å²) in [4.78, 5) is 30.1. The van der Waals surface area contributed by atoms with Gasteiger partial charge in [-0.25, -0.2) is 8.78 Å².